The van der Waals surface area contributed by atoms with E-state index in [9.17, 15) is 4.79 Å². The zero-order chi connectivity index (χ0) is 17.6. The van der Waals surface area contributed by atoms with E-state index < -0.39 is 5.60 Å². The van der Waals surface area contributed by atoms with Crippen LogP contribution in [0.5, 0.6) is 0 Å². The molecule has 0 bridgehead atoms. The molecule has 4 nitrogen and oxygen atoms in total. The first-order valence-electron chi connectivity index (χ1n) is 9.10. The van der Waals surface area contributed by atoms with Gasteiger partial charge in [-0.1, -0.05) is 27.7 Å². The van der Waals surface area contributed by atoms with Gasteiger partial charge in [-0.3, -0.25) is 0 Å². The minimum Gasteiger partial charge on any atom is -0.444 e. The van der Waals surface area contributed by atoms with Crippen LogP contribution in [0.4, 0.5) is 4.79 Å². The average molecular weight is 325 g/mol. The van der Waals surface area contributed by atoms with Gasteiger partial charge in [0.15, 0.2) is 0 Å². The molecular weight excluding hydrogens is 288 g/mol. The molecule has 1 aliphatic carbocycles. The van der Waals surface area contributed by atoms with Crippen molar-refractivity contribution >= 4 is 6.09 Å². The number of ether oxygens (including phenoxy) is 1. The SMILES string of the molecule is CC(NC1C(C)(C)C1(C)C)C1CCCN(C(=O)OC(C)(C)C)C1. The Morgan fingerprint density at radius 3 is 2.26 bits per heavy atom. The highest BCUT2D eigenvalue weighted by molar-refractivity contribution is 5.68. The molecule has 2 unspecified atom stereocenters. The Morgan fingerprint density at radius 2 is 1.78 bits per heavy atom. The summed E-state index contributed by atoms with van der Waals surface area (Å²) in [5.41, 5.74) is 0.275. The summed E-state index contributed by atoms with van der Waals surface area (Å²) >= 11 is 0. The topological polar surface area (TPSA) is 41.6 Å². The maximum atomic E-state index is 12.3. The van der Waals surface area contributed by atoms with Crippen molar-refractivity contribution in [2.45, 2.75) is 85.9 Å². The minimum absolute atomic E-state index is 0.165. The summed E-state index contributed by atoms with van der Waals surface area (Å²) in [6.45, 7) is 19.0. The van der Waals surface area contributed by atoms with Gasteiger partial charge in [0.05, 0.1) is 0 Å². The molecule has 1 aliphatic heterocycles. The monoisotopic (exact) mass is 324 g/mol. The van der Waals surface area contributed by atoms with Crippen molar-refractivity contribution in [3.8, 4) is 0 Å². The van der Waals surface area contributed by atoms with Crippen LogP contribution < -0.4 is 5.32 Å². The van der Waals surface area contributed by atoms with E-state index in [0.29, 0.717) is 28.8 Å². The Hall–Kier alpha value is -0.770. The number of carbonyl (C=O) groups excluding carboxylic acids is 1. The van der Waals surface area contributed by atoms with Crippen molar-refractivity contribution in [2.75, 3.05) is 13.1 Å². The number of amides is 1. The van der Waals surface area contributed by atoms with Crippen LogP contribution in [-0.2, 0) is 4.74 Å². The Balaban J connectivity index is 1.90. The van der Waals surface area contributed by atoms with Crippen LogP contribution in [0.15, 0.2) is 0 Å². The lowest BCUT2D eigenvalue weighted by molar-refractivity contribution is 0.0147. The second kappa shape index (κ2) is 5.94. The number of hydrogen-bond donors (Lipinski definition) is 1. The molecule has 0 radical (unpaired) electrons. The number of nitrogens with zero attached hydrogens (tertiary/aromatic N) is 1. The molecule has 0 aromatic heterocycles. The normalized spacial score (nSPS) is 28.3. The molecule has 1 heterocycles. The zero-order valence-electron chi connectivity index (χ0n) is 16.3. The van der Waals surface area contributed by atoms with E-state index in [1.807, 2.05) is 25.7 Å². The number of carbonyl (C=O) groups is 1. The number of rotatable bonds is 3. The van der Waals surface area contributed by atoms with Crippen LogP contribution >= 0.6 is 0 Å². The summed E-state index contributed by atoms with van der Waals surface area (Å²) in [6.07, 6.45) is 2.08. The molecule has 2 fully saturated rings. The summed E-state index contributed by atoms with van der Waals surface area (Å²) in [4.78, 5) is 14.2. The van der Waals surface area contributed by atoms with Gasteiger partial charge < -0.3 is 15.0 Å². The molecular formula is C19H36N2O2. The van der Waals surface area contributed by atoms with Gasteiger partial charge in [0.25, 0.3) is 0 Å². The van der Waals surface area contributed by atoms with Crippen molar-refractivity contribution in [1.29, 1.82) is 0 Å². The van der Waals surface area contributed by atoms with Gasteiger partial charge in [0.2, 0.25) is 0 Å². The Kier molecular flexibility index (Phi) is 4.80. The second-order valence-corrected chi connectivity index (χ2v) is 9.66. The molecule has 2 rings (SSSR count). The van der Waals surface area contributed by atoms with E-state index in [1.165, 1.54) is 6.42 Å². The fourth-order valence-electron chi connectivity index (χ4n) is 3.92. The van der Waals surface area contributed by atoms with Crippen molar-refractivity contribution in [3.05, 3.63) is 0 Å². The number of nitrogens with one attached hydrogen (secondary N) is 1. The third kappa shape index (κ3) is 3.84. The molecule has 1 amide bonds. The second-order valence-electron chi connectivity index (χ2n) is 9.66. The third-order valence-electron chi connectivity index (χ3n) is 6.27. The molecule has 23 heavy (non-hydrogen) atoms. The van der Waals surface area contributed by atoms with E-state index in [1.54, 1.807) is 0 Å². The fraction of sp³-hybridized carbons (Fsp3) is 0.947. The van der Waals surface area contributed by atoms with Crippen molar-refractivity contribution in [2.24, 2.45) is 16.7 Å². The Morgan fingerprint density at radius 1 is 1.22 bits per heavy atom. The van der Waals surface area contributed by atoms with Gasteiger partial charge in [-0.2, -0.15) is 0 Å². The predicted molar refractivity (Wildman–Crippen MR) is 94.5 cm³/mol. The van der Waals surface area contributed by atoms with Gasteiger partial charge >= 0.3 is 6.09 Å². The molecule has 1 saturated carbocycles. The quantitative estimate of drug-likeness (QED) is 0.851. The zero-order valence-corrected chi connectivity index (χ0v) is 16.3. The lowest BCUT2D eigenvalue weighted by Gasteiger charge is -2.37. The highest BCUT2D eigenvalue weighted by Crippen LogP contribution is 2.62. The van der Waals surface area contributed by atoms with Crippen molar-refractivity contribution in [1.82, 2.24) is 10.2 Å². The first kappa shape index (κ1) is 18.6. The number of likely N-dealkylation sites (tertiary alicyclic amines) is 1. The molecule has 0 aromatic rings. The van der Waals surface area contributed by atoms with E-state index >= 15 is 0 Å². The largest absolute Gasteiger partial charge is 0.444 e. The highest BCUT2D eigenvalue weighted by Gasteiger charge is 2.64. The summed E-state index contributed by atoms with van der Waals surface area (Å²) < 4.78 is 5.53. The van der Waals surface area contributed by atoms with E-state index in [2.05, 4.69) is 39.9 Å². The number of piperidine rings is 1. The van der Waals surface area contributed by atoms with Gasteiger partial charge in [0, 0.05) is 25.2 Å². The van der Waals surface area contributed by atoms with Gasteiger partial charge in [-0.15, -0.1) is 0 Å². The van der Waals surface area contributed by atoms with Crippen LogP contribution in [0.25, 0.3) is 0 Å². The molecule has 0 spiro atoms. The lowest BCUT2D eigenvalue weighted by Crippen LogP contribution is -2.48. The number of hydrogen-bond acceptors (Lipinski definition) is 3. The standard InChI is InChI=1S/C19H36N2O2/c1-13(20-15-18(5,6)19(15,7)8)14-10-9-11-21(12-14)16(22)23-17(2,3)4/h13-15,20H,9-12H2,1-8H3. The third-order valence-corrected chi connectivity index (χ3v) is 6.27. The van der Waals surface area contributed by atoms with Gasteiger partial charge in [-0.25, -0.2) is 4.79 Å². The first-order chi connectivity index (χ1) is 10.4. The average Bonchev–Trinajstić information content (AvgIpc) is 2.79. The minimum atomic E-state index is -0.421. The van der Waals surface area contributed by atoms with E-state index in [-0.39, 0.29) is 6.09 Å². The van der Waals surface area contributed by atoms with E-state index in [0.717, 1.165) is 19.5 Å². The first-order valence-corrected chi connectivity index (χ1v) is 9.10. The Bertz CT molecular complexity index is 437. The van der Waals surface area contributed by atoms with Crippen molar-refractivity contribution in [3.63, 3.8) is 0 Å². The predicted octanol–water partition coefficient (Wildman–Crippen LogP) is 4.05. The lowest BCUT2D eigenvalue weighted by atomic mass is 9.91. The van der Waals surface area contributed by atoms with Crippen LogP contribution in [0.2, 0.25) is 0 Å². The summed E-state index contributed by atoms with van der Waals surface area (Å²) in [5.74, 6) is 0.503. The summed E-state index contributed by atoms with van der Waals surface area (Å²) in [5, 5.41) is 3.83. The molecule has 0 aromatic carbocycles. The molecule has 2 aliphatic rings. The summed E-state index contributed by atoms with van der Waals surface area (Å²) in [7, 11) is 0. The molecule has 4 heteroatoms. The van der Waals surface area contributed by atoms with E-state index in [4.69, 9.17) is 4.74 Å². The maximum Gasteiger partial charge on any atom is 0.410 e. The van der Waals surface area contributed by atoms with Crippen LogP contribution in [0.1, 0.15) is 68.2 Å². The van der Waals surface area contributed by atoms with Gasteiger partial charge in [0.1, 0.15) is 5.60 Å². The van der Waals surface area contributed by atoms with Crippen LogP contribution in [-0.4, -0.2) is 41.8 Å². The van der Waals surface area contributed by atoms with Crippen molar-refractivity contribution < 1.29 is 9.53 Å². The smallest absolute Gasteiger partial charge is 0.410 e. The summed E-state index contributed by atoms with van der Waals surface area (Å²) in [6, 6.07) is 0.980. The fourth-order valence-corrected chi connectivity index (χ4v) is 3.92. The van der Waals surface area contributed by atoms with Crippen LogP contribution in [0.3, 0.4) is 0 Å². The molecule has 134 valence electrons. The Labute approximate surface area is 142 Å². The highest BCUT2D eigenvalue weighted by atomic mass is 16.6. The van der Waals surface area contributed by atoms with Crippen LogP contribution in [0, 0.1) is 16.7 Å². The molecule has 1 saturated heterocycles. The maximum absolute atomic E-state index is 12.3. The van der Waals surface area contributed by atoms with Gasteiger partial charge in [-0.05, 0) is 57.3 Å². The molecule has 1 N–H and O–H groups in total. The molecule has 2 atom stereocenters.